The number of aromatic nitrogens is 3. The molecule has 106 valence electrons. The highest BCUT2D eigenvalue weighted by Crippen LogP contribution is 2.11. The van der Waals surface area contributed by atoms with Crippen LogP contribution in [0, 0.1) is 6.92 Å². The molecule has 0 aromatic carbocycles. The van der Waals surface area contributed by atoms with Crippen molar-refractivity contribution in [2.75, 3.05) is 18.0 Å². The fraction of sp³-hybridized carbons (Fsp3) is 0.400. The van der Waals surface area contributed by atoms with Crippen molar-refractivity contribution in [2.24, 2.45) is 5.73 Å². The van der Waals surface area contributed by atoms with Gasteiger partial charge in [0.15, 0.2) is 0 Å². The summed E-state index contributed by atoms with van der Waals surface area (Å²) < 4.78 is 0. The average molecular weight is 271 g/mol. The molecule has 0 atom stereocenters. The summed E-state index contributed by atoms with van der Waals surface area (Å²) in [5.41, 5.74) is 8.65. The van der Waals surface area contributed by atoms with E-state index in [1.165, 1.54) is 0 Å². The minimum Gasteiger partial charge on any atom is -0.335 e. The van der Waals surface area contributed by atoms with E-state index in [4.69, 9.17) is 5.73 Å². The lowest BCUT2D eigenvalue weighted by Crippen LogP contribution is -2.25. The minimum atomic E-state index is 0.618. The summed E-state index contributed by atoms with van der Waals surface area (Å²) in [5, 5.41) is 0. The molecule has 0 amide bonds. The fourth-order valence-corrected chi connectivity index (χ4v) is 2.01. The van der Waals surface area contributed by atoms with E-state index in [0.29, 0.717) is 13.1 Å². The zero-order valence-electron chi connectivity index (χ0n) is 12.1. The molecule has 0 saturated heterocycles. The fourth-order valence-electron chi connectivity index (χ4n) is 2.01. The highest BCUT2D eigenvalue weighted by atomic mass is 15.2. The van der Waals surface area contributed by atoms with E-state index < -0.39 is 0 Å². The molecule has 2 aromatic heterocycles. The van der Waals surface area contributed by atoms with Gasteiger partial charge in [-0.05, 0) is 44.5 Å². The number of rotatable bonds is 6. The lowest BCUT2D eigenvalue weighted by molar-refractivity contribution is 0.768. The van der Waals surface area contributed by atoms with Crippen LogP contribution in [-0.2, 0) is 13.0 Å². The van der Waals surface area contributed by atoms with Crippen molar-refractivity contribution in [1.29, 1.82) is 0 Å². The van der Waals surface area contributed by atoms with E-state index in [1.807, 2.05) is 37.5 Å². The molecule has 0 aliphatic heterocycles. The molecular weight excluding hydrogens is 250 g/mol. The average Bonchev–Trinajstić information content (AvgIpc) is 2.46. The van der Waals surface area contributed by atoms with Crippen LogP contribution in [0.2, 0.25) is 0 Å². The quantitative estimate of drug-likeness (QED) is 0.866. The first-order valence-electron chi connectivity index (χ1n) is 6.91. The van der Waals surface area contributed by atoms with Crippen LogP contribution in [0.5, 0.6) is 0 Å². The van der Waals surface area contributed by atoms with E-state index in [0.717, 1.165) is 35.9 Å². The number of nitrogens with two attached hydrogens (primary N) is 1. The number of pyridine rings is 1. The van der Waals surface area contributed by atoms with Crippen LogP contribution < -0.4 is 10.6 Å². The zero-order chi connectivity index (χ0) is 14.4. The Labute approximate surface area is 119 Å². The summed E-state index contributed by atoms with van der Waals surface area (Å²) in [5.74, 6) is 0.733. The van der Waals surface area contributed by atoms with Crippen LogP contribution in [0.1, 0.15) is 23.9 Å². The van der Waals surface area contributed by atoms with Crippen molar-refractivity contribution in [3.63, 3.8) is 0 Å². The molecule has 20 heavy (non-hydrogen) atoms. The molecule has 0 radical (unpaired) electrons. The maximum atomic E-state index is 5.53. The van der Waals surface area contributed by atoms with Gasteiger partial charge in [0.1, 0.15) is 0 Å². The first-order chi connectivity index (χ1) is 9.72. The van der Waals surface area contributed by atoms with Gasteiger partial charge >= 0.3 is 0 Å². The summed E-state index contributed by atoms with van der Waals surface area (Å²) in [6.07, 6.45) is 4.51. The van der Waals surface area contributed by atoms with Gasteiger partial charge in [0, 0.05) is 24.6 Å². The number of hydrogen-bond donors (Lipinski definition) is 1. The zero-order valence-corrected chi connectivity index (χ0v) is 12.1. The molecule has 5 heteroatoms. The molecule has 2 N–H and O–H groups in total. The molecule has 0 fully saturated rings. The van der Waals surface area contributed by atoms with Crippen LogP contribution in [0.3, 0.4) is 0 Å². The maximum absolute atomic E-state index is 5.53. The second kappa shape index (κ2) is 6.96. The molecular formula is C15H21N5. The number of aryl methyl sites for hydroxylation is 1. The van der Waals surface area contributed by atoms with Gasteiger partial charge in [-0.15, -0.1) is 0 Å². The van der Waals surface area contributed by atoms with Crippen LogP contribution in [0.4, 0.5) is 5.95 Å². The van der Waals surface area contributed by atoms with E-state index in [2.05, 4.69) is 26.8 Å². The van der Waals surface area contributed by atoms with Gasteiger partial charge in [-0.3, -0.25) is 4.98 Å². The third-order valence-electron chi connectivity index (χ3n) is 3.09. The highest BCUT2D eigenvalue weighted by molar-refractivity contribution is 5.31. The smallest absolute Gasteiger partial charge is 0.225 e. The molecule has 2 aromatic rings. The van der Waals surface area contributed by atoms with Crippen LogP contribution in [0.15, 0.2) is 30.6 Å². The second-order valence-electron chi connectivity index (χ2n) is 4.71. The second-order valence-corrected chi connectivity index (χ2v) is 4.71. The number of nitrogens with zero attached hydrogens (tertiary/aromatic N) is 4. The molecule has 0 unspecified atom stereocenters. The molecule has 2 heterocycles. The topological polar surface area (TPSA) is 67.9 Å². The Morgan fingerprint density at radius 3 is 2.55 bits per heavy atom. The third-order valence-corrected chi connectivity index (χ3v) is 3.09. The van der Waals surface area contributed by atoms with Gasteiger partial charge in [0.05, 0.1) is 12.2 Å². The van der Waals surface area contributed by atoms with Crippen molar-refractivity contribution < 1.29 is 0 Å². The van der Waals surface area contributed by atoms with Gasteiger partial charge in [0.2, 0.25) is 5.95 Å². The maximum Gasteiger partial charge on any atom is 0.225 e. The summed E-state index contributed by atoms with van der Waals surface area (Å²) in [6.45, 7) is 6.26. The molecule has 2 rings (SSSR count). The number of anilines is 1. The Bertz CT molecular complexity index is 538. The van der Waals surface area contributed by atoms with Crippen molar-refractivity contribution in [3.05, 3.63) is 47.5 Å². The summed E-state index contributed by atoms with van der Waals surface area (Å²) >= 11 is 0. The highest BCUT2D eigenvalue weighted by Gasteiger charge is 2.09. The Morgan fingerprint density at radius 2 is 1.95 bits per heavy atom. The molecule has 0 saturated carbocycles. The van der Waals surface area contributed by atoms with Crippen molar-refractivity contribution >= 4 is 5.95 Å². The van der Waals surface area contributed by atoms with Crippen molar-refractivity contribution in [3.8, 4) is 0 Å². The van der Waals surface area contributed by atoms with E-state index >= 15 is 0 Å². The standard InChI is InChI=1S/C15H21N5/c1-3-20(11-14-6-4-5-12(2)19-14)15-17-9-13(7-8-16)10-18-15/h4-6,9-10H,3,7-8,11,16H2,1-2H3. The summed E-state index contributed by atoms with van der Waals surface area (Å²) in [4.78, 5) is 15.5. The molecule has 0 aliphatic rings. The molecule has 0 aliphatic carbocycles. The molecule has 0 spiro atoms. The predicted molar refractivity (Wildman–Crippen MR) is 80.5 cm³/mol. The largest absolute Gasteiger partial charge is 0.335 e. The van der Waals surface area contributed by atoms with Gasteiger partial charge < -0.3 is 10.6 Å². The van der Waals surface area contributed by atoms with Crippen LogP contribution in [-0.4, -0.2) is 28.0 Å². The SMILES string of the molecule is CCN(Cc1cccc(C)n1)c1ncc(CCN)cn1. The van der Waals surface area contributed by atoms with Crippen LogP contribution >= 0.6 is 0 Å². The lowest BCUT2D eigenvalue weighted by Gasteiger charge is -2.20. The Balaban J connectivity index is 2.11. The van der Waals surface area contributed by atoms with E-state index in [1.54, 1.807) is 0 Å². The lowest BCUT2D eigenvalue weighted by atomic mass is 10.2. The van der Waals surface area contributed by atoms with Crippen molar-refractivity contribution in [1.82, 2.24) is 15.0 Å². The van der Waals surface area contributed by atoms with Gasteiger partial charge in [-0.25, -0.2) is 9.97 Å². The van der Waals surface area contributed by atoms with Gasteiger partial charge in [0.25, 0.3) is 0 Å². The third kappa shape index (κ3) is 3.74. The van der Waals surface area contributed by atoms with Crippen LogP contribution in [0.25, 0.3) is 0 Å². The Kier molecular flexibility index (Phi) is 5.01. The molecule has 5 nitrogen and oxygen atoms in total. The molecule has 0 bridgehead atoms. The Hall–Kier alpha value is -2.01. The monoisotopic (exact) mass is 271 g/mol. The number of hydrogen-bond acceptors (Lipinski definition) is 5. The minimum absolute atomic E-state index is 0.618. The van der Waals surface area contributed by atoms with Gasteiger partial charge in [-0.1, -0.05) is 6.07 Å². The first-order valence-corrected chi connectivity index (χ1v) is 6.91. The normalized spacial score (nSPS) is 10.6. The van der Waals surface area contributed by atoms with E-state index in [-0.39, 0.29) is 0 Å². The van der Waals surface area contributed by atoms with E-state index in [9.17, 15) is 0 Å². The summed E-state index contributed by atoms with van der Waals surface area (Å²) in [6, 6.07) is 6.05. The Morgan fingerprint density at radius 1 is 1.20 bits per heavy atom. The first kappa shape index (κ1) is 14.4. The van der Waals surface area contributed by atoms with Gasteiger partial charge in [-0.2, -0.15) is 0 Å². The summed E-state index contributed by atoms with van der Waals surface area (Å²) in [7, 11) is 0. The predicted octanol–water partition coefficient (Wildman–Crippen LogP) is 1.71. The van der Waals surface area contributed by atoms with Crippen molar-refractivity contribution in [2.45, 2.75) is 26.8 Å².